The molecule has 0 heterocycles. The summed E-state index contributed by atoms with van der Waals surface area (Å²) in [5.74, 6) is -4.41. The van der Waals surface area contributed by atoms with Crippen LogP contribution >= 0.6 is 0 Å². The summed E-state index contributed by atoms with van der Waals surface area (Å²) in [6, 6.07) is -2.75. The molecule has 11 nitrogen and oxygen atoms in total. The van der Waals surface area contributed by atoms with Crippen LogP contribution in [0.3, 0.4) is 0 Å². The third-order valence-electron chi connectivity index (χ3n) is 2.88. The predicted octanol–water partition coefficient (Wildman–Crippen LogP) is -2.47. The van der Waals surface area contributed by atoms with Gasteiger partial charge in [0.1, 0.15) is 6.04 Å². The molecule has 0 radical (unpaired) electrons. The van der Waals surface area contributed by atoms with Crippen molar-refractivity contribution < 1.29 is 33.8 Å². The van der Waals surface area contributed by atoms with Gasteiger partial charge in [0.15, 0.2) is 0 Å². The monoisotopic (exact) mass is 348 g/mol. The molecule has 0 fully saturated rings. The SMILES string of the molecule is NC(N)CCOC(=O)C(N)CCCCC(=O)OC(=O)C(N)C(=O)O. The van der Waals surface area contributed by atoms with Crippen molar-refractivity contribution in [1.29, 1.82) is 0 Å². The Bertz CT molecular complexity index is 456. The Morgan fingerprint density at radius 3 is 2.08 bits per heavy atom. The standard InChI is InChI=1S/C13H24N4O7/c14-7(12(21)23-6-5-8(15)16)3-1-2-4-9(18)24-13(22)10(17)11(19)20/h7-8,10H,1-6,14-17H2,(H,19,20). The molecule has 11 heteroatoms. The number of hydrogen-bond acceptors (Lipinski definition) is 10. The second-order valence-corrected chi connectivity index (χ2v) is 5.08. The predicted molar refractivity (Wildman–Crippen MR) is 80.9 cm³/mol. The zero-order chi connectivity index (χ0) is 18.7. The van der Waals surface area contributed by atoms with Crippen LogP contribution in [0.4, 0.5) is 0 Å². The van der Waals surface area contributed by atoms with Gasteiger partial charge < -0.3 is 37.5 Å². The lowest BCUT2D eigenvalue weighted by Gasteiger charge is -2.12. The van der Waals surface area contributed by atoms with Crippen LogP contribution in [-0.2, 0) is 28.7 Å². The van der Waals surface area contributed by atoms with Crippen LogP contribution in [0.2, 0.25) is 0 Å². The number of ether oxygens (including phenoxy) is 2. The minimum atomic E-state index is -1.90. The van der Waals surface area contributed by atoms with Crippen LogP contribution in [0.15, 0.2) is 0 Å². The fourth-order valence-corrected chi connectivity index (χ4v) is 1.48. The van der Waals surface area contributed by atoms with Crippen LogP contribution < -0.4 is 22.9 Å². The van der Waals surface area contributed by atoms with Crippen molar-refractivity contribution in [3.8, 4) is 0 Å². The van der Waals surface area contributed by atoms with Gasteiger partial charge in [-0.25, -0.2) is 9.59 Å². The summed E-state index contributed by atoms with van der Waals surface area (Å²) >= 11 is 0. The Morgan fingerprint density at radius 2 is 1.54 bits per heavy atom. The van der Waals surface area contributed by atoms with E-state index in [1.165, 1.54) is 0 Å². The van der Waals surface area contributed by atoms with Crippen LogP contribution in [0.5, 0.6) is 0 Å². The second-order valence-electron chi connectivity index (χ2n) is 5.08. The first-order valence-electron chi connectivity index (χ1n) is 7.31. The van der Waals surface area contributed by atoms with Gasteiger partial charge in [-0.05, 0) is 12.8 Å². The molecular formula is C13H24N4O7. The van der Waals surface area contributed by atoms with E-state index in [9.17, 15) is 19.2 Å². The number of carbonyl (C=O) groups is 4. The normalized spacial score (nSPS) is 13.2. The number of carboxylic acids is 1. The fourth-order valence-electron chi connectivity index (χ4n) is 1.48. The molecule has 0 aromatic rings. The summed E-state index contributed by atoms with van der Waals surface area (Å²) in [6.07, 6.45) is 0.573. The minimum absolute atomic E-state index is 0.0719. The van der Waals surface area contributed by atoms with Gasteiger partial charge >= 0.3 is 23.9 Å². The van der Waals surface area contributed by atoms with Crippen LogP contribution in [-0.4, -0.2) is 53.8 Å². The average Bonchev–Trinajstić information content (AvgIpc) is 2.49. The third-order valence-corrected chi connectivity index (χ3v) is 2.88. The molecule has 0 aliphatic rings. The quantitative estimate of drug-likeness (QED) is 0.114. The molecule has 0 bridgehead atoms. The summed E-state index contributed by atoms with van der Waals surface area (Å²) in [6.45, 7) is 0.0719. The van der Waals surface area contributed by atoms with Gasteiger partial charge in [-0.15, -0.1) is 0 Å². The van der Waals surface area contributed by atoms with E-state index in [1.807, 2.05) is 0 Å². The molecule has 2 unspecified atom stereocenters. The number of aliphatic carboxylic acids is 1. The van der Waals surface area contributed by atoms with Gasteiger partial charge in [-0.2, -0.15) is 0 Å². The first-order valence-corrected chi connectivity index (χ1v) is 7.31. The van der Waals surface area contributed by atoms with Crippen LogP contribution in [0, 0.1) is 0 Å². The summed E-state index contributed by atoms with van der Waals surface area (Å²) in [5, 5.41) is 8.48. The van der Waals surface area contributed by atoms with E-state index < -0.39 is 42.1 Å². The highest BCUT2D eigenvalue weighted by Gasteiger charge is 2.25. The molecule has 2 atom stereocenters. The number of hydrogen-bond donors (Lipinski definition) is 5. The second kappa shape index (κ2) is 11.5. The molecule has 9 N–H and O–H groups in total. The molecule has 0 saturated heterocycles. The molecule has 0 rings (SSSR count). The van der Waals surface area contributed by atoms with Crippen molar-refractivity contribution in [3.63, 3.8) is 0 Å². The first kappa shape index (κ1) is 21.9. The van der Waals surface area contributed by atoms with E-state index in [1.54, 1.807) is 0 Å². The molecule has 24 heavy (non-hydrogen) atoms. The molecule has 138 valence electrons. The van der Waals surface area contributed by atoms with Crippen molar-refractivity contribution in [3.05, 3.63) is 0 Å². The lowest BCUT2D eigenvalue weighted by atomic mass is 10.1. The summed E-state index contributed by atoms with van der Waals surface area (Å²) < 4.78 is 9.14. The first-order chi connectivity index (χ1) is 11.1. The van der Waals surface area contributed by atoms with Gasteiger partial charge in [0.2, 0.25) is 6.04 Å². The third kappa shape index (κ3) is 9.84. The van der Waals surface area contributed by atoms with Crippen molar-refractivity contribution >= 4 is 23.9 Å². The number of esters is 3. The topological polar surface area (TPSA) is 211 Å². The van der Waals surface area contributed by atoms with Gasteiger partial charge in [-0.3, -0.25) is 9.59 Å². The van der Waals surface area contributed by atoms with E-state index in [2.05, 4.69) is 4.74 Å². The fraction of sp³-hybridized carbons (Fsp3) is 0.692. The Labute approximate surface area is 138 Å². The van der Waals surface area contributed by atoms with Crippen molar-refractivity contribution in [1.82, 2.24) is 0 Å². The highest BCUT2D eigenvalue weighted by Crippen LogP contribution is 2.05. The van der Waals surface area contributed by atoms with Gasteiger partial charge in [0.05, 0.1) is 12.8 Å². The van der Waals surface area contributed by atoms with Gasteiger partial charge in [0, 0.05) is 12.8 Å². The Balaban J connectivity index is 3.87. The van der Waals surface area contributed by atoms with E-state index in [0.717, 1.165) is 0 Å². The summed E-state index contributed by atoms with van der Waals surface area (Å²) in [7, 11) is 0. The highest BCUT2D eigenvalue weighted by atomic mass is 16.6. The van der Waals surface area contributed by atoms with Crippen LogP contribution in [0.1, 0.15) is 32.1 Å². The van der Waals surface area contributed by atoms with E-state index in [4.69, 9.17) is 32.8 Å². The van der Waals surface area contributed by atoms with E-state index >= 15 is 0 Å². The molecule has 0 aliphatic heterocycles. The minimum Gasteiger partial charge on any atom is -0.480 e. The molecule has 0 saturated carbocycles. The maximum atomic E-state index is 11.5. The number of carboxylic acid groups (broad SMARTS) is 1. The number of unbranched alkanes of at least 4 members (excludes halogenated alkanes) is 1. The van der Waals surface area contributed by atoms with E-state index in [0.29, 0.717) is 19.3 Å². The summed E-state index contributed by atoms with van der Waals surface area (Å²) in [5.41, 5.74) is 21.2. The van der Waals surface area contributed by atoms with Gasteiger partial charge in [-0.1, -0.05) is 6.42 Å². The van der Waals surface area contributed by atoms with Crippen molar-refractivity contribution in [2.75, 3.05) is 6.61 Å². The molecule has 0 aliphatic carbocycles. The number of carbonyl (C=O) groups excluding carboxylic acids is 3. The molecule has 0 spiro atoms. The largest absolute Gasteiger partial charge is 0.480 e. The van der Waals surface area contributed by atoms with Crippen molar-refractivity contribution in [2.45, 2.75) is 50.4 Å². The lowest BCUT2D eigenvalue weighted by molar-refractivity contribution is -0.163. The van der Waals surface area contributed by atoms with Crippen molar-refractivity contribution in [2.24, 2.45) is 22.9 Å². The van der Waals surface area contributed by atoms with Gasteiger partial charge in [0.25, 0.3) is 0 Å². The number of rotatable bonds is 11. The number of nitrogens with two attached hydrogens (primary N) is 4. The zero-order valence-corrected chi connectivity index (χ0v) is 13.2. The molecule has 0 amide bonds. The maximum Gasteiger partial charge on any atom is 0.342 e. The average molecular weight is 348 g/mol. The van der Waals surface area contributed by atoms with E-state index in [-0.39, 0.29) is 19.4 Å². The summed E-state index contributed by atoms with van der Waals surface area (Å²) in [4.78, 5) is 44.4. The maximum absolute atomic E-state index is 11.5. The Morgan fingerprint density at radius 1 is 0.917 bits per heavy atom. The Hall–Kier alpha value is -2.08. The van der Waals surface area contributed by atoms with Crippen LogP contribution in [0.25, 0.3) is 0 Å². The molecule has 0 aromatic carbocycles. The smallest absolute Gasteiger partial charge is 0.342 e. The Kier molecular flexibility index (Phi) is 10.5. The molecule has 0 aromatic heterocycles. The zero-order valence-electron chi connectivity index (χ0n) is 13.2. The molecular weight excluding hydrogens is 324 g/mol. The highest BCUT2D eigenvalue weighted by molar-refractivity contribution is 6.01. The lowest BCUT2D eigenvalue weighted by Crippen LogP contribution is -2.40.